The monoisotopic (exact) mass is 331 g/mol. The van der Waals surface area contributed by atoms with Crippen molar-refractivity contribution in [2.75, 3.05) is 26.1 Å². The van der Waals surface area contributed by atoms with Gasteiger partial charge < -0.3 is 24.4 Å². The first-order chi connectivity index (χ1) is 10.4. The number of hydrogen-bond acceptors (Lipinski definition) is 7. The highest BCUT2D eigenvalue weighted by Gasteiger charge is 2.18. The van der Waals surface area contributed by atoms with Crippen LogP contribution in [0.2, 0.25) is 0 Å². The Hall–Kier alpha value is -1.58. The van der Waals surface area contributed by atoms with E-state index in [1.165, 1.54) is 13.4 Å². The van der Waals surface area contributed by atoms with Gasteiger partial charge >= 0.3 is 7.82 Å². The fourth-order valence-corrected chi connectivity index (χ4v) is 2.32. The SMILES string of the molecule is CNc1ncnc2c1ncn2CCC(COP(=O)(O)O)OC. The van der Waals surface area contributed by atoms with Crippen LogP contribution in [0.1, 0.15) is 6.42 Å². The summed E-state index contributed by atoms with van der Waals surface area (Å²) in [7, 11) is -1.28. The number of methoxy groups -OCH3 is 1. The first kappa shape index (κ1) is 16.8. The Bertz CT molecular complexity index is 672. The summed E-state index contributed by atoms with van der Waals surface area (Å²) < 4.78 is 22.1. The molecule has 2 rings (SSSR count). The number of ether oxygens (including phenoxy) is 1. The van der Waals surface area contributed by atoms with Crippen molar-refractivity contribution < 1.29 is 23.6 Å². The molecule has 0 bridgehead atoms. The molecule has 1 unspecified atom stereocenters. The molecule has 0 radical (unpaired) electrons. The number of fused-ring (bicyclic) bond motifs is 1. The number of aryl methyl sites for hydroxylation is 1. The first-order valence-electron chi connectivity index (χ1n) is 6.51. The lowest BCUT2D eigenvalue weighted by Gasteiger charge is -2.16. The Morgan fingerprint density at radius 2 is 2.18 bits per heavy atom. The molecule has 0 aliphatic heterocycles. The van der Waals surface area contributed by atoms with Crippen molar-refractivity contribution in [3.8, 4) is 0 Å². The molecule has 2 heterocycles. The highest BCUT2D eigenvalue weighted by atomic mass is 31.2. The summed E-state index contributed by atoms with van der Waals surface area (Å²) in [6.45, 7) is 0.323. The lowest BCUT2D eigenvalue weighted by molar-refractivity contribution is 0.0377. The van der Waals surface area contributed by atoms with E-state index in [0.29, 0.717) is 29.9 Å². The maximum atomic E-state index is 10.7. The zero-order chi connectivity index (χ0) is 16.2. The molecule has 0 saturated heterocycles. The third-order valence-corrected chi connectivity index (χ3v) is 3.58. The van der Waals surface area contributed by atoms with Gasteiger partial charge in [0, 0.05) is 20.7 Å². The maximum absolute atomic E-state index is 10.7. The lowest BCUT2D eigenvalue weighted by Crippen LogP contribution is -2.20. The predicted octanol–water partition coefficient (Wildman–Crippen LogP) is 0.382. The molecule has 0 aliphatic carbocycles. The molecule has 0 amide bonds. The van der Waals surface area contributed by atoms with Crippen LogP contribution in [-0.4, -0.2) is 56.2 Å². The number of rotatable bonds is 8. The van der Waals surface area contributed by atoms with Gasteiger partial charge in [-0.1, -0.05) is 0 Å². The summed E-state index contributed by atoms with van der Waals surface area (Å²) in [5.41, 5.74) is 1.33. The number of imidazole rings is 1. The van der Waals surface area contributed by atoms with E-state index in [9.17, 15) is 4.57 Å². The minimum Gasteiger partial charge on any atom is -0.379 e. The molecule has 0 aliphatic rings. The third-order valence-electron chi connectivity index (χ3n) is 3.09. The summed E-state index contributed by atoms with van der Waals surface area (Å²) in [5, 5.41) is 2.94. The molecule has 0 spiro atoms. The van der Waals surface area contributed by atoms with E-state index in [2.05, 4.69) is 24.8 Å². The Balaban J connectivity index is 2.03. The summed E-state index contributed by atoms with van der Waals surface area (Å²) in [5.74, 6) is 0.636. The second-order valence-electron chi connectivity index (χ2n) is 4.52. The number of aromatic nitrogens is 4. The Morgan fingerprint density at radius 3 is 2.82 bits per heavy atom. The number of nitrogens with one attached hydrogen (secondary N) is 1. The van der Waals surface area contributed by atoms with E-state index < -0.39 is 13.9 Å². The van der Waals surface area contributed by atoms with E-state index >= 15 is 0 Å². The van der Waals surface area contributed by atoms with Crippen molar-refractivity contribution in [3.63, 3.8) is 0 Å². The maximum Gasteiger partial charge on any atom is 0.469 e. The van der Waals surface area contributed by atoms with Crippen LogP contribution in [0, 0.1) is 0 Å². The highest BCUT2D eigenvalue weighted by Crippen LogP contribution is 2.36. The van der Waals surface area contributed by atoms with Crippen molar-refractivity contribution >= 4 is 24.8 Å². The van der Waals surface area contributed by atoms with Gasteiger partial charge in [-0.15, -0.1) is 0 Å². The van der Waals surface area contributed by atoms with Crippen molar-refractivity contribution in [1.82, 2.24) is 19.5 Å². The highest BCUT2D eigenvalue weighted by molar-refractivity contribution is 7.46. The molecule has 0 saturated carbocycles. The van der Waals surface area contributed by atoms with E-state index in [4.69, 9.17) is 14.5 Å². The van der Waals surface area contributed by atoms with Gasteiger partial charge in [0.05, 0.1) is 19.0 Å². The lowest BCUT2D eigenvalue weighted by atomic mass is 10.2. The van der Waals surface area contributed by atoms with Crippen molar-refractivity contribution in [2.24, 2.45) is 0 Å². The summed E-state index contributed by atoms with van der Waals surface area (Å²) in [6.07, 6.45) is 3.12. The third kappa shape index (κ3) is 4.21. The summed E-state index contributed by atoms with van der Waals surface area (Å²) >= 11 is 0. The van der Waals surface area contributed by atoms with Gasteiger partial charge in [-0.2, -0.15) is 0 Å². The molecular formula is C11H18N5O5P. The Morgan fingerprint density at radius 1 is 1.41 bits per heavy atom. The predicted molar refractivity (Wildman–Crippen MR) is 78.3 cm³/mol. The van der Waals surface area contributed by atoms with E-state index in [-0.39, 0.29) is 6.61 Å². The fourth-order valence-electron chi connectivity index (χ4n) is 1.96. The van der Waals surface area contributed by atoms with Crippen molar-refractivity contribution in [2.45, 2.75) is 19.1 Å². The number of phosphoric ester groups is 1. The van der Waals surface area contributed by atoms with E-state index in [0.717, 1.165) is 0 Å². The minimum atomic E-state index is -4.49. The molecule has 2 aromatic rings. The van der Waals surface area contributed by atoms with Crippen LogP contribution in [0.3, 0.4) is 0 Å². The Labute approximate surface area is 126 Å². The Kier molecular flexibility index (Phi) is 5.43. The number of anilines is 1. The van der Waals surface area contributed by atoms with Crippen LogP contribution in [0.15, 0.2) is 12.7 Å². The van der Waals surface area contributed by atoms with Crippen LogP contribution >= 0.6 is 7.82 Å². The van der Waals surface area contributed by atoms with Gasteiger partial charge in [0.1, 0.15) is 11.8 Å². The fraction of sp³-hybridized carbons (Fsp3) is 0.545. The second kappa shape index (κ2) is 7.12. The molecule has 2 aromatic heterocycles. The van der Waals surface area contributed by atoms with Gasteiger partial charge in [0.25, 0.3) is 0 Å². The average Bonchev–Trinajstić information content (AvgIpc) is 2.89. The average molecular weight is 331 g/mol. The minimum absolute atomic E-state index is 0.190. The number of phosphoric acid groups is 1. The normalized spacial score (nSPS) is 13.5. The van der Waals surface area contributed by atoms with Gasteiger partial charge in [0.15, 0.2) is 11.5 Å². The molecule has 1 atom stereocenters. The van der Waals surface area contributed by atoms with Gasteiger partial charge in [-0.05, 0) is 6.42 Å². The smallest absolute Gasteiger partial charge is 0.379 e. The largest absolute Gasteiger partial charge is 0.469 e. The van der Waals surface area contributed by atoms with Crippen LogP contribution in [0.5, 0.6) is 0 Å². The summed E-state index contributed by atoms with van der Waals surface area (Å²) in [6, 6.07) is 0. The number of hydrogen-bond donors (Lipinski definition) is 3. The van der Waals surface area contributed by atoms with Crippen LogP contribution in [0.4, 0.5) is 5.82 Å². The molecule has 3 N–H and O–H groups in total. The molecule has 22 heavy (non-hydrogen) atoms. The van der Waals surface area contributed by atoms with Crippen molar-refractivity contribution in [3.05, 3.63) is 12.7 Å². The zero-order valence-corrected chi connectivity index (χ0v) is 13.1. The standard InChI is InChI=1S/C11H18N5O5P/c1-12-10-9-11(14-6-13-10)16(7-15-9)4-3-8(20-2)5-21-22(17,18)19/h6-8H,3-5H2,1-2H3,(H,12,13,14)(H2,17,18,19). The molecular weight excluding hydrogens is 313 g/mol. The topological polar surface area (TPSA) is 132 Å². The van der Waals surface area contributed by atoms with Gasteiger partial charge in [-0.25, -0.2) is 19.5 Å². The van der Waals surface area contributed by atoms with Crippen LogP contribution in [-0.2, 0) is 20.4 Å². The van der Waals surface area contributed by atoms with Gasteiger partial charge in [0.2, 0.25) is 0 Å². The second-order valence-corrected chi connectivity index (χ2v) is 5.75. The molecule has 122 valence electrons. The quantitative estimate of drug-likeness (QED) is 0.587. The first-order valence-corrected chi connectivity index (χ1v) is 8.04. The molecule has 0 aromatic carbocycles. The van der Waals surface area contributed by atoms with Crippen LogP contribution in [0.25, 0.3) is 11.2 Å². The van der Waals surface area contributed by atoms with E-state index in [1.807, 2.05) is 4.57 Å². The zero-order valence-electron chi connectivity index (χ0n) is 12.2. The molecule has 11 heteroatoms. The molecule has 0 fully saturated rings. The number of nitrogens with zero attached hydrogens (tertiary/aromatic N) is 4. The van der Waals surface area contributed by atoms with Crippen LogP contribution < -0.4 is 5.32 Å². The van der Waals surface area contributed by atoms with Gasteiger partial charge in [-0.3, -0.25) is 4.52 Å². The molecule has 10 nitrogen and oxygen atoms in total. The van der Waals surface area contributed by atoms with E-state index in [1.54, 1.807) is 13.4 Å². The van der Waals surface area contributed by atoms with Crippen molar-refractivity contribution in [1.29, 1.82) is 0 Å². The summed E-state index contributed by atoms with van der Waals surface area (Å²) in [4.78, 5) is 29.9.